The van der Waals surface area contributed by atoms with E-state index in [1.54, 1.807) is 38.4 Å². The summed E-state index contributed by atoms with van der Waals surface area (Å²) < 4.78 is 2.78. The van der Waals surface area contributed by atoms with Crippen molar-refractivity contribution in [3.05, 3.63) is 52.2 Å². The summed E-state index contributed by atoms with van der Waals surface area (Å²) in [6, 6.07) is 6.41. The van der Waals surface area contributed by atoms with E-state index in [2.05, 4.69) is 0 Å². The second-order valence-electron chi connectivity index (χ2n) is 4.30. The lowest BCUT2D eigenvalue weighted by Gasteiger charge is -2.13. The monoisotopic (exact) mass is 262 g/mol. The number of rotatable bonds is 3. The average Bonchev–Trinajstić information content (AvgIpc) is 2.62. The number of carbonyl (C=O) groups is 1. The molecule has 0 amide bonds. The van der Waals surface area contributed by atoms with Crippen LogP contribution in [0.25, 0.3) is 5.69 Å². The van der Waals surface area contributed by atoms with Crippen molar-refractivity contribution in [3.8, 4) is 5.69 Å². The molecular weight excluding hydrogens is 248 g/mol. The van der Waals surface area contributed by atoms with E-state index in [9.17, 15) is 14.7 Å². The van der Waals surface area contributed by atoms with Gasteiger partial charge in [-0.25, -0.2) is 9.59 Å². The van der Waals surface area contributed by atoms with Crippen molar-refractivity contribution in [2.24, 2.45) is 7.05 Å². The highest BCUT2D eigenvalue weighted by molar-refractivity contribution is 5.75. The average molecular weight is 262 g/mol. The minimum Gasteiger partial charge on any atom is -0.479 e. The molecular formula is C13H14N2O4. The van der Waals surface area contributed by atoms with Gasteiger partial charge in [-0.05, 0) is 13.0 Å². The molecule has 0 fully saturated rings. The molecule has 0 radical (unpaired) electrons. The van der Waals surface area contributed by atoms with Crippen LogP contribution < -0.4 is 5.69 Å². The Morgan fingerprint density at radius 2 is 1.95 bits per heavy atom. The van der Waals surface area contributed by atoms with Gasteiger partial charge in [-0.2, -0.15) is 0 Å². The Bertz CT molecular complexity index is 684. The summed E-state index contributed by atoms with van der Waals surface area (Å²) in [6.07, 6.45) is -0.0191. The van der Waals surface area contributed by atoms with Crippen LogP contribution in [0.3, 0.4) is 0 Å². The molecule has 0 saturated carbocycles. The number of imidazole rings is 1. The Balaban J connectivity index is 2.70. The molecule has 1 unspecified atom stereocenters. The molecule has 2 aromatic rings. The van der Waals surface area contributed by atoms with Crippen LogP contribution in [0.15, 0.2) is 35.3 Å². The van der Waals surface area contributed by atoms with Crippen LogP contribution in [-0.4, -0.2) is 25.3 Å². The molecule has 6 heteroatoms. The maximum atomic E-state index is 12.0. The molecule has 0 aliphatic carbocycles. The third-order valence-electron chi connectivity index (χ3n) is 2.93. The van der Waals surface area contributed by atoms with E-state index in [-0.39, 0.29) is 11.3 Å². The fourth-order valence-electron chi connectivity index (χ4n) is 2.05. The number of aryl methyl sites for hydroxylation is 2. The van der Waals surface area contributed by atoms with Crippen molar-refractivity contribution in [1.82, 2.24) is 9.13 Å². The van der Waals surface area contributed by atoms with Crippen molar-refractivity contribution in [2.75, 3.05) is 0 Å². The van der Waals surface area contributed by atoms with E-state index in [1.807, 2.05) is 0 Å². The smallest absolute Gasteiger partial charge is 0.337 e. The molecule has 1 aromatic heterocycles. The van der Waals surface area contributed by atoms with Gasteiger partial charge in [0.15, 0.2) is 6.10 Å². The molecule has 100 valence electrons. The quantitative estimate of drug-likeness (QED) is 0.848. The van der Waals surface area contributed by atoms with Crippen molar-refractivity contribution >= 4 is 5.97 Å². The Kier molecular flexibility index (Phi) is 3.26. The van der Waals surface area contributed by atoms with Gasteiger partial charge in [0.25, 0.3) is 0 Å². The van der Waals surface area contributed by atoms with Crippen LogP contribution in [0.2, 0.25) is 0 Å². The summed E-state index contributed by atoms with van der Waals surface area (Å²) in [6.45, 7) is 1.74. The number of nitrogens with zero attached hydrogens (tertiary/aromatic N) is 2. The normalized spacial score (nSPS) is 12.4. The number of carboxylic acids is 1. The molecule has 6 nitrogen and oxygen atoms in total. The molecule has 0 saturated heterocycles. The zero-order chi connectivity index (χ0) is 14.2. The Hall–Kier alpha value is -2.34. The van der Waals surface area contributed by atoms with E-state index < -0.39 is 12.1 Å². The fourth-order valence-corrected chi connectivity index (χ4v) is 2.05. The summed E-state index contributed by atoms with van der Waals surface area (Å²) >= 11 is 0. The standard InChI is InChI=1S/C13H14N2O4/c1-8-7-14(2)13(19)15(8)10-6-4-3-5-9(10)11(16)12(17)18/h3-7,11,16H,1-2H3,(H,17,18). The van der Waals surface area contributed by atoms with E-state index in [0.717, 1.165) is 0 Å². The maximum absolute atomic E-state index is 12.0. The summed E-state index contributed by atoms with van der Waals surface area (Å²) in [4.78, 5) is 22.9. The van der Waals surface area contributed by atoms with Crippen LogP contribution in [0, 0.1) is 6.92 Å². The number of hydrogen-bond donors (Lipinski definition) is 2. The number of hydrogen-bond acceptors (Lipinski definition) is 3. The molecule has 1 aromatic carbocycles. The number of para-hydroxylation sites is 1. The van der Waals surface area contributed by atoms with Gasteiger partial charge >= 0.3 is 11.7 Å². The van der Waals surface area contributed by atoms with Crippen LogP contribution in [0.4, 0.5) is 0 Å². The van der Waals surface area contributed by atoms with E-state index in [4.69, 9.17) is 5.11 Å². The van der Waals surface area contributed by atoms with Gasteiger partial charge in [-0.1, -0.05) is 18.2 Å². The van der Waals surface area contributed by atoms with Crippen molar-refractivity contribution in [2.45, 2.75) is 13.0 Å². The first kappa shape index (κ1) is 13.1. The first-order valence-electron chi connectivity index (χ1n) is 5.68. The van der Waals surface area contributed by atoms with Crippen LogP contribution >= 0.6 is 0 Å². The summed E-state index contributed by atoms with van der Waals surface area (Å²) in [5.74, 6) is -1.35. The Morgan fingerprint density at radius 1 is 1.32 bits per heavy atom. The number of aromatic nitrogens is 2. The third-order valence-corrected chi connectivity index (χ3v) is 2.93. The highest BCUT2D eigenvalue weighted by Gasteiger charge is 2.21. The number of aliphatic hydroxyl groups is 1. The lowest BCUT2D eigenvalue weighted by molar-refractivity contribution is -0.146. The second kappa shape index (κ2) is 4.74. The first-order chi connectivity index (χ1) is 8.93. The molecule has 0 aliphatic rings. The van der Waals surface area contributed by atoms with Crippen LogP contribution in [-0.2, 0) is 11.8 Å². The van der Waals surface area contributed by atoms with E-state index >= 15 is 0 Å². The molecule has 1 atom stereocenters. The van der Waals surface area contributed by atoms with Crippen molar-refractivity contribution in [3.63, 3.8) is 0 Å². The molecule has 0 aliphatic heterocycles. The van der Waals surface area contributed by atoms with Gasteiger partial charge in [0.2, 0.25) is 0 Å². The largest absolute Gasteiger partial charge is 0.479 e. The van der Waals surface area contributed by atoms with Gasteiger partial charge in [0.05, 0.1) is 5.69 Å². The van der Waals surface area contributed by atoms with Gasteiger partial charge < -0.3 is 14.8 Å². The molecule has 2 N–H and O–H groups in total. The van der Waals surface area contributed by atoms with Gasteiger partial charge in [-0.3, -0.25) is 4.57 Å². The first-order valence-corrected chi connectivity index (χ1v) is 5.68. The molecule has 2 rings (SSSR count). The number of carboxylic acid groups (broad SMARTS) is 1. The second-order valence-corrected chi connectivity index (χ2v) is 4.30. The Labute approximate surface area is 109 Å². The molecule has 19 heavy (non-hydrogen) atoms. The third kappa shape index (κ3) is 2.17. The lowest BCUT2D eigenvalue weighted by atomic mass is 10.1. The maximum Gasteiger partial charge on any atom is 0.337 e. The summed E-state index contributed by atoms with van der Waals surface area (Å²) in [5, 5.41) is 18.6. The molecule has 0 bridgehead atoms. The minimum absolute atomic E-state index is 0.186. The van der Waals surface area contributed by atoms with Gasteiger partial charge in [-0.15, -0.1) is 0 Å². The summed E-state index contributed by atoms with van der Waals surface area (Å²) in [7, 11) is 1.61. The van der Waals surface area contributed by atoms with Gasteiger partial charge in [0.1, 0.15) is 0 Å². The molecule has 0 spiro atoms. The van der Waals surface area contributed by atoms with Gasteiger partial charge in [0, 0.05) is 24.5 Å². The fraction of sp³-hybridized carbons (Fsp3) is 0.231. The van der Waals surface area contributed by atoms with Crippen molar-refractivity contribution < 1.29 is 15.0 Å². The number of benzene rings is 1. The SMILES string of the molecule is Cc1cn(C)c(=O)n1-c1ccccc1C(O)C(=O)O. The van der Waals surface area contributed by atoms with Crippen LogP contribution in [0.1, 0.15) is 17.4 Å². The van der Waals surface area contributed by atoms with E-state index in [1.165, 1.54) is 15.2 Å². The number of aliphatic hydroxyl groups excluding tert-OH is 1. The zero-order valence-corrected chi connectivity index (χ0v) is 10.6. The predicted octanol–water partition coefficient (Wildman–Crippen LogP) is 0.602. The predicted molar refractivity (Wildman–Crippen MR) is 68.3 cm³/mol. The van der Waals surface area contributed by atoms with Crippen LogP contribution in [0.5, 0.6) is 0 Å². The lowest BCUT2D eigenvalue weighted by Crippen LogP contribution is -2.23. The molecule has 1 heterocycles. The summed E-state index contributed by atoms with van der Waals surface area (Å²) in [5.41, 5.74) is 0.937. The topological polar surface area (TPSA) is 84.5 Å². The zero-order valence-electron chi connectivity index (χ0n) is 10.6. The highest BCUT2D eigenvalue weighted by Crippen LogP contribution is 2.22. The minimum atomic E-state index is -1.66. The van der Waals surface area contributed by atoms with E-state index in [0.29, 0.717) is 11.4 Å². The Morgan fingerprint density at radius 3 is 2.47 bits per heavy atom. The van der Waals surface area contributed by atoms with Crippen molar-refractivity contribution in [1.29, 1.82) is 0 Å². The number of aliphatic carboxylic acids is 1. The highest BCUT2D eigenvalue weighted by atomic mass is 16.4.